The molecule has 0 aliphatic rings. The lowest BCUT2D eigenvalue weighted by molar-refractivity contribution is -0.111. The Morgan fingerprint density at radius 2 is 0.909 bits per heavy atom. The van der Waals surface area contributed by atoms with Gasteiger partial charge in [0.25, 0.3) is 0 Å². The van der Waals surface area contributed by atoms with Crippen molar-refractivity contribution in [2.75, 3.05) is 5.75 Å². The van der Waals surface area contributed by atoms with Crippen LogP contribution in [0.25, 0.3) is 0 Å². The topological polar surface area (TPSA) is 43.1 Å². The van der Waals surface area contributed by atoms with Gasteiger partial charge in [0, 0.05) is 5.75 Å². The Morgan fingerprint density at radius 1 is 0.576 bits per heavy atom. The SMILES string of the molecule is N[C@@H](CSC(c1ccccc1)c1ccccc1)C(=O)SC(c1ccccc1)c1ccccc1. The van der Waals surface area contributed by atoms with Crippen molar-refractivity contribution in [1.82, 2.24) is 0 Å². The smallest absolute Gasteiger partial charge is 0.207 e. The molecule has 33 heavy (non-hydrogen) atoms. The number of hydrogen-bond donors (Lipinski definition) is 1. The maximum atomic E-state index is 13.2. The van der Waals surface area contributed by atoms with E-state index >= 15 is 0 Å². The third kappa shape index (κ3) is 6.38. The Bertz CT molecular complexity index is 1040. The fraction of sp³-hybridized carbons (Fsp3) is 0.138. The van der Waals surface area contributed by atoms with Crippen molar-refractivity contribution in [3.8, 4) is 0 Å². The van der Waals surface area contributed by atoms with E-state index in [9.17, 15) is 4.79 Å². The summed E-state index contributed by atoms with van der Waals surface area (Å²) < 4.78 is 0. The lowest BCUT2D eigenvalue weighted by Crippen LogP contribution is -2.31. The van der Waals surface area contributed by atoms with E-state index in [0.717, 1.165) is 11.1 Å². The van der Waals surface area contributed by atoms with E-state index in [1.54, 1.807) is 11.8 Å². The number of hydrogen-bond acceptors (Lipinski definition) is 4. The van der Waals surface area contributed by atoms with E-state index in [1.165, 1.54) is 22.9 Å². The Kier molecular flexibility index (Phi) is 8.42. The maximum Gasteiger partial charge on any atom is 0.207 e. The molecule has 0 unspecified atom stereocenters. The van der Waals surface area contributed by atoms with Crippen LogP contribution >= 0.6 is 23.5 Å². The third-order valence-corrected chi connectivity index (χ3v) is 8.13. The van der Waals surface area contributed by atoms with Crippen molar-refractivity contribution in [2.24, 2.45) is 5.73 Å². The molecule has 0 aliphatic heterocycles. The predicted molar refractivity (Wildman–Crippen MR) is 142 cm³/mol. The summed E-state index contributed by atoms with van der Waals surface area (Å²) in [6.45, 7) is 0. The van der Waals surface area contributed by atoms with Gasteiger partial charge in [-0.25, -0.2) is 0 Å². The fourth-order valence-corrected chi connectivity index (χ4v) is 6.13. The van der Waals surface area contributed by atoms with Gasteiger partial charge in [-0.15, -0.1) is 11.8 Å². The van der Waals surface area contributed by atoms with Gasteiger partial charge in [-0.2, -0.15) is 0 Å². The Morgan fingerprint density at radius 3 is 1.27 bits per heavy atom. The summed E-state index contributed by atoms with van der Waals surface area (Å²) in [5.41, 5.74) is 11.1. The van der Waals surface area contributed by atoms with Crippen molar-refractivity contribution < 1.29 is 4.79 Å². The molecule has 0 saturated heterocycles. The normalized spacial score (nSPS) is 12.1. The van der Waals surface area contributed by atoms with Gasteiger partial charge in [-0.05, 0) is 22.3 Å². The minimum Gasteiger partial charge on any atom is -0.320 e. The molecule has 4 heteroatoms. The zero-order chi connectivity index (χ0) is 22.9. The van der Waals surface area contributed by atoms with E-state index in [-0.39, 0.29) is 15.6 Å². The minimum absolute atomic E-state index is 0.0140. The Balaban J connectivity index is 1.47. The van der Waals surface area contributed by atoms with Gasteiger partial charge in [0.15, 0.2) is 0 Å². The predicted octanol–water partition coefficient (Wildman–Crippen LogP) is 6.89. The first kappa shape index (κ1) is 23.4. The number of rotatable bonds is 9. The second-order valence-electron chi connectivity index (χ2n) is 7.78. The van der Waals surface area contributed by atoms with Crippen LogP contribution in [-0.2, 0) is 4.79 Å². The molecule has 1 atom stereocenters. The van der Waals surface area contributed by atoms with E-state index < -0.39 is 6.04 Å². The molecule has 0 bridgehead atoms. The quantitative estimate of drug-likeness (QED) is 0.290. The van der Waals surface area contributed by atoms with Crippen molar-refractivity contribution in [1.29, 1.82) is 0 Å². The Hall–Kier alpha value is -2.79. The van der Waals surface area contributed by atoms with E-state index in [2.05, 4.69) is 72.8 Å². The summed E-state index contributed by atoms with van der Waals surface area (Å²) in [5, 5.41) is 0.0744. The molecule has 2 N–H and O–H groups in total. The summed E-state index contributed by atoms with van der Waals surface area (Å²) in [7, 11) is 0. The summed E-state index contributed by atoms with van der Waals surface area (Å²) in [6.07, 6.45) is 0. The second kappa shape index (κ2) is 11.9. The van der Waals surface area contributed by atoms with Crippen LogP contribution in [0.1, 0.15) is 32.8 Å². The largest absolute Gasteiger partial charge is 0.320 e. The molecule has 0 aromatic heterocycles. The third-order valence-electron chi connectivity index (χ3n) is 5.39. The highest BCUT2D eigenvalue weighted by Gasteiger charge is 2.24. The fourth-order valence-electron chi connectivity index (χ4n) is 3.70. The molecule has 0 saturated carbocycles. The molecule has 0 spiro atoms. The lowest BCUT2D eigenvalue weighted by atomic mass is 10.0. The van der Waals surface area contributed by atoms with Crippen LogP contribution in [-0.4, -0.2) is 16.9 Å². The zero-order valence-corrected chi connectivity index (χ0v) is 19.9. The Labute approximate surface area is 204 Å². The van der Waals surface area contributed by atoms with Crippen LogP contribution in [0, 0.1) is 0 Å². The van der Waals surface area contributed by atoms with Crippen molar-refractivity contribution in [2.45, 2.75) is 16.5 Å². The van der Waals surface area contributed by atoms with Crippen molar-refractivity contribution >= 4 is 28.6 Å². The van der Waals surface area contributed by atoms with Crippen LogP contribution in [0.5, 0.6) is 0 Å². The van der Waals surface area contributed by atoms with Gasteiger partial charge in [0.1, 0.15) is 0 Å². The van der Waals surface area contributed by atoms with Crippen molar-refractivity contribution in [3.63, 3.8) is 0 Å². The van der Waals surface area contributed by atoms with Gasteiger partial charge < -0.3 is 5.73 Å². The number of benzene rings is 4. The number of nitrogens with two attached hydrogens (primary N) is 1. The minimum atomic E-state index is -0.551. The summed E-state index contributed by atoms with van der Waals surface area (Å²) in [5.74, 6) is 0.552. The number of thioether (sulfide) groups is 2. The van der Waals surface area contributed by atoms with E-state index in [0.29, 0.717) is 5.75 Å². The van der Waals surface area contributed by atoms with Gasteiger partial charge >= 0.3 is 0 Å². The maximum absolute atomic E-state index is 13.2. The molecule has 4 aromatic carbocycles. The zero-order valence-electron chi connectivity index (χ0n) is 18.3. The molecular weight excluding hydrogens is 442 g/mol. The van der Waals surface area contributed by atoms with Crippen LogP contribution in [0.4, 0.5) is 0 Å². The number of carbonyl (C=O) groups excluding carboxylic acids is 1. The molecule has 0 heterocycles. The molecule has 166 valence electrons. The summed E-state index contributed by atoms with van der Waals surface area (Å²) in [4.78, 5) is 13.2. The van der Waals surface area contributed by atoms with E-state index in [1.807, 2.05) is 48.5 Å². The van der Waals surface area contributed by atoms with Crippen LogP contribution in [0.3, 0.4) is 0 Å². The summed E-state index contributed by atoms with van der Waals surface area (Å²) in [6, 6.07) is 40.5. The first-order valence-electron chi connectivity index (χ1n) is 11.0. The molecule has 0 radical (unpaired) electrons. The van der Waals surface area contributed by atoms with Crippen LogP contribution in [0.2, 0.25) is 0 Å². The van der Waals surface area contributed by atoms with Gasteiger partial charge in [0.05, 0.1) is 16.5 Å². The van der Waals surface area contributed by atoms with Crippen LogP contribution < -0.4 is 5.73 Å². The average Bonchev–Trinajstić information content (AvgIpc) is 2.89. The van der Waals surface area contributed by atoms with Crippen LogP contribution in [0.15, 0.2) is 121 Å². The highest BCUT2D eigenvalue weighted by atomic mass is 32.2. The average molecular weight is 470 g/mol. The lowest BCUT2D eigenvalue weighted by Gasteiger charge is -2.21. The highest BCUT2D eigenvalue weighted by molar-refractivity contribution is 8.14. The first-order valence-corrected chi connectivity index (χ1v) is 12.9. The molecule has 4 aromatic rings. The molecule has 0 aliphatic carbocycles. The standard InChI is InChI=1S/C29H27NOS2/c30-26(21-32-27(22-13-5-1-6-14-22)23-15-7-2-8-16-23)29(31)33-28(24-17-9-3-10-18-24)25-19-11-4-12-20-25/h1-20,26-28H,21,30H2/t26-/m0/s1. The highest BCUT2D eigenvalue weighted by Crippen LogP contribution is 2.39. The van der Waals surface area contributed by atoms with Crippen molar-refractivity contribution in [3.05, 3.63) is 144 Å². The molecule has 4 rings (SSSR count). The molecule has 0 amide bonds. The summed E-state index contributed by atoms with van der Waals surface area (Å²) >= 11 is 3.05. The molecule has 0 fully saturated rings. The van der Waals surface area contributed by atoms with Gasteiger partial charge in [-0.1, -0.05) is 133 Å². The van der Waals surface area contributed by atoms with E-state index in [4.69, 9.17) is 5.73 Å². The van der Waals surface area contributed by atoms with Gasteiger partial charge in [-0.3, -0.25) is 4.79 Å². The monoisotopic (exact) mass is 469 g/mol. The van der Waals surface area contributed by atoms with Gasteiger partial charge in [0.2, 0.25) is 5.12 Å². The second-order valence-corrected chi connectivity index (χ2v) is 10.0. The molecular formula is C29H27NOS2. The number of carbonyl (C=O) groups is 1. The molecule has 2 nitrogen and oxygen atoms in total. The first-order chi connectivity index (χ1) is 16.2.